The van der Waals surface area contributed by atoms with Crippen LogP contribution in [0.15, 0.2) is 41.6 Å². The molecule has 0 spiro atoms. The summed E-state index contributed by atoms with van der Waals surface area (Å²) >= 11 is 0. The Morgan fingerprint density at radius 2 is 2.05 bits per heavy atom. The zero-order valence-corrected chi connectivity index (χ0v) is 12.4. The van der Waals surface area contributed by atoms with Crippen LogP contribution in [-0.4, -0.2) is 37.0 Å². The zero-order chi connectivity index (χ0) is 15.3. The van der Waals surface area contributed by atoms with E-state index in [0.29, 0.717) is 5.75 Å². The molecular formula is C13H17N3O4S. The SMILES string of the molecule is COc1ccc(CNS(=O)(=O)c2cnn(CCO)c2)cc1. The Hall–Kier alpha value is -1.90. The van der Waals surface area contributed by atoms with Crippen molar-refractivity contribution in [1.29, 1.82) is 0 Å². The van der Waals surface area contributed by atoms with Crippen molar-refractivity contribution in [3.63, 3.8) is 0 Å². The van der Waals surface area contributed by atoms with Crippen molar-refractivity contribution in [1.82, 2.24) is 14.5 Å². The summed E-state index contributed by atoms with van der Waals surface area (Å²) in [6, 6.07) is 7.11. The number of benzene rings is 1. The number of hydrogen-bond acceptors (Lipinski definition) is 5. The lowest BCUT2D eigenvalue weighted by molar-refractivity contribution is 0.269. The molecule has 1 aromatic heterocycles. The fourth-order valence-electron chi connectivity index (χ4n) is 1.71. The maximum Gasteiger partial charge on any atom is 0.243 e. The summed E-state index contributed by atoms with van der Waals surface area (Å²) in [6.45, 7) is 0.339. The molecule has 0 atom stereocenters. The highest BCUT2D eigenvalue weighted by Gasteiger charge is 2.16. The van der Waals surface area contributed by atoms with E-state index < -0.39 is 10.0 Å². The Labute approximate surface area is 123 Å². The molecule has 21 heavy (non-hydrogen) atoms. The van der Waals surface area contributed by atoms with Gasteiger partial charge in [-0.05, 0) is 17.7 Å². The molecule has 0 bridgehead atoms. The molecule has 2 aromatic rings. The molecule has 2 N–H and O–H groups in total. The number of hydrogen-bond donors (Lipinski definition) is 2. The van der Waals surface area contributed by atoms with Crippen LogP contribution in [0.25, 0.3) is 0 Å². The van der Waals surface area contributed by atoms with Gasteiger partial charge in [0.1, 0.15) is 10.6 Å². The summed E-state index contributed by atoms with van der Waals surface area (Å²) < 4.78 is 33.1. The molecule has 1 aromatic carbocycles. The lowest BCUT2D eigenvalue weighted by atomic mass is 10.2. The van der Waals surface area contributed by atoms with Crippen LogP contribution in [-0.2, 0) is 23.1 Å². The second-order valence-electron chi connectivity index (χ2n) is 4.34. The molecule has 114 valence electrons. The number of methoxy groups -OCH3 is 1. The van der Waals surface area contributed by atoms with Gasteiger partial charge in [-0.3, -0.25) is 4.68 Å². The largest absolute Gasteiger partial charge is 0.497 e. The van der Waals surface area contributed by atoms with Crippen molar-refractivity contribution >= 4 is 10.0 Å². The van der Waals surface area contributed by atoms with E-state index >= 15 is 0 Å². The van der Waals surface area contributed by atoms with E-state index in [1.54, 1.807) is 31.4 Å². The first-order chi connectivity index (χ1) is 10.0. The highest BCUT2D eigenvalue weighted by atomic mass is 32.2. The highest BCUT2D eigenvalue weighted by molar-refractivity contribution is 7.89. The van der Waals surface area contributed by atoms with Gasteiger partial charge in [-0.15, -0.1) is 0 Å². The Kier molecular flexibility index (Phi) is 4.94. The molecule has 0 aliphatic carbocycles. The highest BCUT2D eigenvalue weighted by Crippen LogP contribution is 2.12. The first-order valence-corrected chi connectivity index (χ1v) is 7.79. The van der Waals surface area contributed by atoms with E-state index in [2.05, 4.69) is 9.82 Å². The number of nitrogens with zero attached hydrogens (tertiary/aromatic N) is 2. The van der Waals surface area contributed by atoms with Crippen LogP contribution in [0.2, 0.25) is 0 Å². The fraction of sp³-hybridized carbons (Fsp3) is 0.308. The minimum Gasteiger partial charge on any atom is -0.497 e. The first kappa shape index (κ1) is 15.5. The Bertz CT molecular complexity index is 680. The molecule has 0 amide bonds. The lowest BCUT2D eigenvalue weighted by Crippen LogP contribution is -2.22. The summed E-state index contributed by atoms with van der Waals surface area (Å²) in [7, 11) is -2.05. The van der Waals surface area contributed by atoms with E-state index in [0.717, 1.165) is 5.56 Å². The van der Waals surface area contributed by atoms with Crippen molar-refractivity contribution in [3.05, 3.63) is 42.2 Å². The predicted molar refractivity (Wildman–Crippen MR) is 76.3 cm³/mol. The molecule has 0 saturated heterocycles. The number of ether oxygens (including phenoxy) is 1. The van der Waals surface area contributed by atoms with Gasteiger partial charge in [-0.25, -0.2) is 13.1 Å². The predicted octanol–water partition coefficient (Wildman–Crippen LogP) is 0.362. The van der Waals surface area contributed by atoms with Crippen molar-refractivity contribution in [2.75, 3.05) is 13.7 Å². The number of aliphatic hydroxyl groups is 1. The maximum absolute atomic E-state index is 12.1. The third kappa shape index (κ3) is 4.03. The van der Waals surface area contributed by atoms with Crippen molar-refractivity contribution in [2.45, 2.75) is 18.0 Å². The summed E-state index contributed by atoms with van der Waals surface area (Å²) in [4.78, 5) is 0.0736. The number of aromatic nitrogens is 2. The van der Waals surface area contributed by atoms with Crippen LogP contribution < -0.4 is 9.46 Å². The maximum atomic E-state index is 12.1. The zero-order valence-electron chi connectivity index (χ0n) is 11.6. The van der Waals surface area contributed by atoms with Crippen LogP contribution in [0, 0.1) is 0 Å². The molecule has 0 unspecified atom stereocenters. The minimum atomic E-state index is -3.62. The molecule has 0 aliphatic heterocycles. The third-order valence-corrected chi connectivity index (χ3v) is 4.23. The van der Waals surface area contributed by atoms with Crippen molar-refractivity contribution in [3.8, 4) is 5.75 Å². The number of aliphatic hydroxyl groups excluding tert-OH is 1. The van der Waals surface area contributed by atoms with Crippen LogP contribution in [0.3, 0.4) is 0 Å². The normalized spacial score (nSPS) is 11.5. The molecule has 1 heterocycles. The monoisotopic (exact) mass is 311 g/mol. The fourth-order valence-corrected chi connectivity index (χ4v) is 2.68. The van der Waals surface area contributed by atoms with E-state index in [9.17, 15) is 8.42 Å². The lowest BCUT2D eigenvalue weighted by Gasteiger charge is -2.06. The minimum absolute atomic E-state index is 0.0736. The number of sulfonamides is 1. The van der Waals surface area contributed by atoms with Gasteiger partial charge in [0, 0.05) is 12.7 Å². The quantitative estimate of drug-likeness (QED) is 0.770. The summed E-state index contributed by atoms with van der Waals surface area (Å²) in [5.74, 6) is 0.715. The molecule has 0 radical (unpaired) electrons. The Morgan fingerprint density at radius 1 is 1.33 bits per heavy atom. The molecule has 0 aliphatic rings. The smallest absolute Gasteiger partial charge is 0.243 e. The van der Waals surface area contributed by atoms with Crippen LogP contribution in [0.5, 0.6) is 5.75 Å². The first-order valence-electron chi connectivity index (χ1n) is 6.31. The average Bonchev–Trinajstić information content (AvgIpc) is 2.96. The van der Waals surface area contributed by atoms with Gasteiger partial charge in [0.25, 0.3) is 0 Å². The topological polar surface area (TPSA) is 93.5 Å². The van der Waals surface area contributed by atoms with Crippen LogP contribution in [0.1, 0.15) is 5.56 Å². The van der Waals surface area contributed by atoms with Gasteiger partial charge in [0.2, 0.25) is 10.0 Å². The van der Waals surface area contributed by atoms with E-state index in [-0.39, 0.29) is 24.6 Å². The second-order valence-corrected chi connectivity index (χ2v) is 6.10. The number of nitrogens with one attached hydrogen (secondary N) is 1. The van der Waals surface area contributed by atoms with Gasteiger partial charge in [0.15, 0.2) is 0 Å². The van der Waals surface area contributed by atoms with E-state index in [1.807, 2.05) is 0 Å². The molecule has 0 fully saturated rings. The molecule has 2 rings (SSSR count). The van der Waals surface area contributed by atoms with Crippen LogP contribution >= 0.6 is 0 Å². The standard InChI is InChI=1S/C13H17N3O4S/c1-20-12-4-2-11(3-5-12)8-15-21(18,19)13-9-14-16(10-13)6-7-17/h2-5,9-10,15,17H,6-8H2,1H3. The van der Waals surface area contributed by atoms with Gasteiger partial charge in [0.05, 0.1) is 26.5 Å². The van der Waals surface area contributed by atoms with Crippen LogP contribution in [0.4, 0.5) is 0 Å². The summed E-state index contributed by atoms with van der Waals surface area (Å²) in [5.41, 5.74) is 0.821. The molecule has 8 heteroatoms. The van der Waals surface area contributed by atoms with Crippen molar-refractivity contribution in [2.24, 2.45) is 0 Å². The Balaban J connectivity index is 2.02. The summed E-state index contributed by atoms with van der Waals surface area (Å²) in [5, 5.41) is 12.7. The van der Waals surface area contributed by atoms with Crippen molar-refractivity contribution < 1.29 is 18.3 Å². The van der Waals surface area contributed by atoms with Gasteiger partial charge in [-0.2, -0.15) is 5.10 Å². The molecule has 0 saturated carbocycles. The van der Waals surface area contributed by atoms with Gasteiger partial charge in [-0.1, -0.05) is 12.1 Å². The second kappa shape index (κ2) is 6.70. The Morgan fingerprint density at radius 3 is 2.67 bits per heavy atom. The molecular weight excluding hydrogens is 294 g/mol. The third-order valence-electron chi connectivity index (χ3n) is 2.87. The van der Waals surface area contributed by atoms with Gasteiger partial charge >= 0.3 is 0 Å². The molecule has 7 nitrogen and oxygen atoms in total. The average molecular weight is 311 g/mol. The number of rotatable bonds is 7. The van der Waals surface area contributed by atoms with E-state index in [4.69, 9.17) is 9.84 Å². The van der Waals surface area contributed by atoms with E-state index in [1.165, 1.54) is 17.1 Å². The van der Waals surface area contributed by atoms with Gasteiger partial charge < -0.3 is 9.84 Å². The summed E-state index contributed by atoms with van der Waals surface area (Å²) in [6.07, 6.45) is 2.64.